The molecule has 2 aromatic rings. The molecule has 1 fully saturated rings. The molecule has 1 aromatic carbocycles. The largest absolute Gasteiger partial charge is 0.481 e. The molecule has 5 nitrogen and oxygen atoms in total. The summed E-state index contributed by atoms with van der Waals surface area (Å²) in [4.78, 5) is 17.7. The highest BCUT2D eigenvalue weighted by Gasteiger charge is 2.11. The van der Waals surface area contributed by atoms with Crippen molar-refractivity contribution in [3.8, 4) is 11.3 Å². The van der Waals surface area contributed by atoms with Gasteiger partial charge in [-0.2, -0.15) is 0 Å². The second-order valence-electron chi connectivity index (χ2n) is 5.71. The van der Waals surface area contributed by atoms with Gasteiger partial charge >= 0.3 is 5.97 Å². The van der Waals surface area contributed by atoms with E-state index in [1.165, 1.54) is 5.56 Å². The summed E-state index contributed by atoms with van der Waals surface area (Å²) in [5, 5.41) is 8.89. The van der Waals surface area contributed by atoms with E-state index in [0.29, 0.717) is 0 Å². The molecular weight excluding hydrogens is 292 g/mol. The van der Waals surface area contributed by atoms with E-state index in [2.05, 4.69) is 16.0 Å². The van der Waals surface area contributed by atoms with E-state index < -0.39 is 5.97 Å². The lowest BCUT2D eigenvalue weighted by atomic mass is 10.0. The highest BCUT2D eigenvalue weighted by molar-refractivity contribution is 5.71. The van der Waals surface area contributed by atoms with Gasteiger partial charge < -0.3 is 9.84 Å². The standard InChI is InChI=1S/C18H20N2O3/c21-18(22)11-14-2-1-3-16(10-14)17-5-4-15(12-19-17)13-20-6-8-23-9-7-20/h1-5,10,12H,6-9,11,13H2,(H,21,22). The maximum Gasteiger partial charge on any atom is 0.307 e. The summed E-state index contributed by atoms with van der Waals surface area (Å²) in [7, 11) is 0. The topological polar surface area (TPSA) is 62.7 Å². The Morgan fingerprint density at radius 3 is 2.70 bits per heavy atom. The van der Waals surface area contributed by atoms with E-state index in [1.807, 2.05) is 36.5 Å². The summed E-state index contributed by atoms with van der Waals surface area (Å²) in [5.74, 6) is -0.823. The fourth-order valence-electron chi connectivity index (χ4n) is 2.72. The van der Waals surface area contributed by atoms with Crippen molar-refractivity contribution < 1.29 is 14.6 Å². The predicted molar refractivity (Wildman–Crippen MR) is 87.1 cm³/mol. The van der Waals surface area contributed by atoms with Crippen LogP contribution in [0, 0.1) is 0 Å². The van der Waals surface area contributed by atoms with E-state index in [9.17, 15) is 4.79 Å². The zero-order valence-electron chi connectivity index (χ0n) is 12.9. The number of carbonyl (C=O) groups is 1. The number of aromatic nitrogens is 1. The van der Waals surface area contributed by atoms with Gasteiger partial charge in [-0.1, -0.05) is 24.3 Å². The lowest BCUT2D eigenvalue weighted by Crippen LogP contribution is -2.35. The summed E-state index contributed by atoms with van der Waals surface area (Å²) in [6.45, 7) is 4.39. The van der Waals surface area contributed by atoms with Gasteiger partial charge in [-0.05, 0) is 23.3 Å². The van der Waals surface area contributed by atoms with Gasteiger partial charge in [-0.25, -0.2) is 0 Å². The molecule has 1 aliphatic rings. The maximum absolute atomic E-state index is 10.8. The Labute approximate surface area is 135 Å². The molecule has 0 bridgehead atoms. The fraction of sp³-hybridized carbons (Fsp3) is 0.333. The molecule has 1 aliphatic heterocycles. The van der Waals surface area contributed by atoms with Crippen LogP contribution in [0.15, 0.2) is 42.6 Å². The molecule has 2 heterocycles. The Morgan fingerprint density at radius 1 is 1.17 bits per heavy atom. The molecule has 1 aromatic heterocycles. The minimum Gasteiger partial charge on any atom is -0.481 e. The van der Waals surface area contributed by atoms with Gasteiger partial charge in [0.25, 0.3) is 0 Å². The van der Waals surface area contributed by atoms with Crippen LogP contribution in [-0.2, 0) is 22.5 Å². The molecule has 23 heavy (non-hydrogen) atoms. The number of aliphatic carboxylic acids is 1. The van der Waals surface area contributed by atoms with Crippen LogP contribution in [0.2, 0.25) is 0 Å². The van der Waals surface area contributed by atoms with Crippen molar-refractivity contribution in [1.29, 1.82) is 0 Å². The van der Waals surface area contributed by atoms with E-state index in [1.54, 1.807) is 0 Å². The van der Waals surface area contributed by atoms with Crippen molar-refractivity contribution in [3.05, 3.63) is 53.7 Å². The van der Waals surface area contributed by atoms with Crippen molar-refractivity contribution in [2.75, 3.05) is 26.3 Å². The van der Waals surface area contributed by atoms with Gasteiger partial charge in [0.05, 0.1) is 25.3 Å². The number of hydrogen-bond donors (Lipinski definition) is 1. The van der Waals surface area contributed by atoms with Crippen LogP contribution in [0.3, 0.4) is 0 Å². The Bertz CT molecular complexity index is 664. The summed E-state index contributed by atoms with van der Waals surface area (Å²) < 4.78 is 5.35. The smallest absolute Gasteiger partial charge is 0.307 e. The molecule has 1 saturated heterocycles. The number of carboxylic acids is 1. The van der Waals surface area contributed by atoms with Crippen molar-refractivity contribution in [1.82, 2.24) is 9.88 Å². The Hall–Kier alpha value is -2.24. The molecule has 3 rings (SSSR count). The van der Waals surface area contributed by atoms with Gasteiger partial charge in [0.2, 0.25) is 0 Å². The van der Waals surface area contributed by atoms with Gasteiger partial charge in [0.15, 0.2) is 0 Å². The lowest BCUT2D eigenvalue weighted by Gasteiger charge is -2.26. The Morgan fingerprint density at radius 2 is 2.00 bits per heavy atom. The molecule has 0 radical (unpaired) electrons. The zero-order valence-corrected chi connectivity index (χ0v) is 12.9. The number of hydrogen-bond acceptors (Lipinski definition) is 4. The second kappa shape index (κ2) is 7.35. The van der Waals surface area contributed by atoms with Crippen LogP contribution >= 0.6 is 0 Å². The van der Waals surface area contributed by atoms with Crippen LogP contribution < -0.4 is 0 Å². The monoisotopic (exact) mass is 312 g/mol. The van der Waals surface area contributed by atoms with E-state index in [-0.39, 0.29) is 6.42 Å². The fourth-order valence-corrected chi connectivity index (χ4v) is 2.72. The molecule has 0 saturated carbocycles. The number of carboxylic acid groups (broad SMARTS) is 1. The van der Waals surface area contributed by atoms with Crippen molar-refractivity contribution in [3.63, 3.8) is 0 Å². The first-order chi connectivity index (χ1) is 11.2. The molecule has 120 valence electrons. The highest BCUT2D eigenvalue weighted by atomic mass is 16.5. The average molecular weight is 312 g/mol. The van der Waals surface area contributed by atoms with Crippen LogP contribution in [0.4, 0.5) is 0 Å². The molecule has 0 aliphatic carbocycles. The summed E-state index contributed by atoms with van der Waals surface area (Å²) in [6.07, 6.45) is 1.93. The molecule has 1 N–H and O–H groups in total. The van der Waals surface area contributed by atoms with Crippen LogP contribution in [0.25, 0.3) is 11.3 Å². The molecule has 0 unspecified atom stereocenters. The lowest BCUT2D eigenvalue weighted by molar-refractivity contribution is -0.136. The van der Waals surface area contributed by atoms with Crippen molar-refractivity contribution in [2.45, 2.75) is 13.0 Å². The van der Waals surface area contributed by atoms with Gasteiger partial charge in [-0.3, -0.25) is 14.7 Å². The first-order valence-electron chi connectivity index (χ1n) is 7.77. The number of nitrogens with zero attached hydrogens (tertiary/aromatic N) is 2. The maximum atomic E-state index is 10.8. The predicted octanol–water partition coefficient (Wildman–Crippen LogP) is 2.21. The summed E-state index contributed by atoms with van der Waals surface area (Å²) >= 11 is 0. The van der Waals surface area contributed by atoms with Crippen molar-refractivity contribution >= 4 is 5.97 Å². The normalized spacial score (nSPS) is 15.5. The number of benzene rings is 1. The van der Waals surface area contributed by atoms with Crippen molar-refractivity contribution in [2.24, 2.45) is 0 Å². The molecule has 5 heteroatoms. The number of ether oxygens (including phenoxy) is 1. The highest BCUT2D eigenvalue weighted by Crippen LogP contribution is 2.19. The molecular formula is C18H20N2O3. The van der Waals surface area contributed by atoms with Gasteiger partial charge in [0.1, 0.15) is 0 Å². The van der Waals surface area contributed by atoms with Gasteiger partial charge in [-0.15, -0.1) is 0 Å². The number of pyridine rings is 1. The summed E-state index contributed by atoms with van der Waals surface area (Å²) in [6, 6.07) is 11.6. The Balaban J connectivity index is 1.70. The zero-order chi connectivity index (χ0) is 16.1. The summed E-state index contributed by atoms with van der Waals surface area (Å²) in [5.41, 5.74) is 3.77. The first kappa shape index (κ1) is 15.6. The third-order valence-corrected chi connectivity index (χ3v) is 3.91. The number of rotatable bonds is 5. The minimum absolute atomic E-state index is 0.0307. The van der Waals surface area contributed by atoms with Crippen LogP contribution in [0.1, 0.15) is 11.1 Å². The quantitative estimate of drug-likeness (QED) is 0.917. The molecule has 0 atom stereocenters. The van der Waals surface area contributed by atoms with E-state index in [4.69, 9.17) is 9.84 Å². The third-order valence-electron chi connectivity index (χ3n) is 3.91. The van der Waals surface area contributed by atoms with E-state index in [0.717, 1.165) is 49.7 Å². The number of morpholine rings is 1. The minimum atomic E-state index is -0.823. The van der Waals surface area contributed by atoms with Crippen LogP contribution in [0.5, 0.6) is 0 Å². The SMILES string of the molecule is O=C(O)Cc1cccc(-c2ccc(CN3CCOCC3)cn2)c1. The van der Waals surface area contributed by atoms with Crippen LogP contribution in [-0.4, -0.2) is 47.3 Å². The molecule has 0 amide bonds. The van der Waals surface area contributed by atoms with Gasteiger partial charge in [0, 0.05) is 31.4 Å². The second-order valence-corrected chi connectivity index (χ2v) is 5.71. The Kier molecular flexibility index (Phi) is 5.00. The first-order valence-corrected chi connectivity index (χ1v) is 7.77. The third kappa shape index (κ3) is 4.37. The molecule has 0 spiro atoms. The van der Waals surface area contributed by atoms with E-state index >= 15 is 0 Å². The average Bonchev–Trinajstić information content (AvgIpc) is 2.56.